The van der Waals surface area contributed by atoms with Crippen LogP contribution in [0.25, 0.3) is 11.0 Å². The summed E-state index contributed by atoms with van der Waals surface area (Å²) in [5, 5.41) is 7.59. The van der Waals surface area contributed by atoms with E-state index in [9.17, 15) is 8.42 Å². The normalized spacial score (nSPS) is 11.3. The van der Waals surface area contributed by atoms with E-state index in [2.05, 4.69) is 25.1 Å². The van der Waals surface area contributed by atoms with Gasteiger partial charge in [-0.25, -0.2) is 31.9 Å². The maximum Gasteiger partial charge on any atom is 0.263 e. The van der Waals surface area contributed by atoms with Gasteiger partial charge >= 0.3 is 0 Å². The van der Waals surface area contributed by atoms with Crippen molar-refractivity contribution in [3.63, 3.8) is 0 Å². The third kappa shape index (κ3) is 8.76. The van der Waals surface area contributed by atoms with Gasteiger partial charge in [-0.2, -0.15) is 0 Å². The van der Waals surface area contributed by atoms with E-state index in [0.29, 0.717) is 27.5 Å². The molecule has 0 aliphatic rings. The number of ether oxygens (including phenoxy) is 1. The summed E-state index contributed by atoms with van der Waals surface area (Å²) in [6.07, 6.45) is 0.729. The van der Waals surface area contributed by atoms with Gasteiger partial charge in [-0.15, -0.1) is 0 Å². The summed E-state index contributed by atoms with van der Waals surface area (Å²) in [5.74, 6) is 0.856. The first-order valence-corrected chi connectivity index (χ1v) is 14.6. The minimum atomic E-state index is -3.94. The summed E-state index contributed by atoms with van der Waals surface area (Å²) in [6, 6.07) is 19.2. The minimum Gasteiger partial charge on any atom is -0.497 e. The number of aromatic nitrogens is 2. The summed E-state index contributed by atoms with van der Waals surface area (Å²) >= 11 is 6.36. The molecule has 3 aromatic carbocycles. The van der Waals surface area contributed by atoms with Gasteiger partial charge in [0.05, 0.1) is 33.7 Å². The fourth-order valence-electron chi connectivity index (χ4n) is 3.42. The number of nitrogens with two attached hydrogens (primary N) is 1. The van der Waals surface area contributed by atoms with Crippen molar-refractivity contribution in [2.75, 3.05) is 37.8 Å². The minimum absolute atomic E-state index is 0.0567. The van der Waals surface area contributed by atoms with Crippen molar-refractivity contribution in [3.05, 3.63) is 77.3 Å². The Morgan fingerprint density at radius 3 is 2.23 bits per heavy atom. The highest BCUT2D eigenvalue weighted by Gasteiger charge is 2.20. The van der Waals surface area contributed by atoms with Crippen molar-refractivity contribution in [1.29, 1.82) is 0 Å². The van der Waals surface area contributed by atoms with E-state index in [0.717, 1.165) is 18.5 Å². The Kier molecular flexibility index (Phi) is 10.4. The zero-order chi connectivity index (χ0) is 28.6. The molecule has 4 aromatic rings. The van der Waals surface area contributed by atoms with Crippen LogP contribution in [0.4, 0.5) is 17.3 Å². The van der Waals surface area contributed by atoms with E-state index in [1.165, 1.54) is 0 Å². The van der Waals surface area contributed by atoms with Crippen molar-refractivity contribution in [3.8, 4) is 5.75 Å². The Balaban J connectivity index is 0.000000983. The summed E-state index contributed by atoms with van der Waals surface area (Å²) in [7, 11) is -1.06. The maximum absolute atomic E-state index is 13.3. The lowest BCUT2D eigenvalue weighted by atomic mass is 10.1. The summed E-state index contributed by atoms with van der Waals surface area (Å²) in [5.41, 5.74) is 2.57. The van der Waals surface area contributed by atoms with Gasteiger partial charge in [-0.3, -0.25) is 4.72 Å². The Morgan fingerprint density at radius 2 is 1.62 bits per heavy atom. The van der Waals surface area contributed by atoms with E-state index < -0.39 is 20.9 Å². The maximum atomic E-state index is 13.3. The third-order valence-corrected chi connectivity index (χ3v) is 6.95. The van der Waals surface area contributed by atoms with Gasteiger partial charge < -0.3 is 15.0 Å². The molecule has 1 aromatic heterocycles. The molecule has 0 unspecified atom stereocenters. The Labute approximate surface area is 234 Å². The quantitative estimate of drug-likeness (QED) is 0.214. The molecule has 0 atom stereocenters. The Bertz CT molecular complexity index is 1620. The largest absolute Gasteiger partial charge is 0.497 e. The van der Waals surface area contributed by atoms with Crippen molar-refractivity contribution in [1.82, 2.24) is 14.9 Å². The first kappa shape index (κ1) is 30.1. The SMILES string of the molecule is COc1ccc(Cl)c(Nc2nc3ccccc3nc2NS(=O)(=O)c2cccc(CCN(C)C)c2)c1.N[SH](=O)=O. The third-order valence-electron chi connectivity index (χ3n) is 5.28. The van der Waals surface area contributed by atoms with Crippen LogP contribution in [-0.2, 0) is 27.3 Å². The van der Waals surface area contributed by atoms with Crippen LogP contribution in [0.2, 0.25) is 5.02 Å². The zero-order valence-corrected chi connectivity index (χ0v) is 23.9. The van der Waals surface area contributed by atoms with E-state index in [1.807, 2.05) is 37.2 Å². The molecule has 0 fully saturated rings. The highest BCUT2D eigenvalue weighted by Crippen LogP contribution is 2.32. The molecule has 0 radical (unpaired) electrons. The van der Waals surface area contributed by atoms with Crippen molar-refractivity contribution in [2.24, 2.45) is 5.14 Å². The van der Waals surface area contributed by atoms with Gasteiger partial charge in [0.15, 0.2) is 22.5 Å². The number of benzene rings is 3. The number of methoxy groups -OCH3 is 1. The molecular formula is C25H29ClN6O5S2. The molecule has 14 heteroatoms. The number of anilines is 3. The van der Waals surface area contributed by atoms with Gasteiger partial charge in [0.25, 0.3) is 10.0 Å². The number of sulfonamides is 1. The number of hydrogen-bond donors (Lipinski definition) is 4. The van der Waals surface area contributed by atoms with Gasteiger partial charge in [0.1, 0.15) is 5.75 Å². The van der Waals surface area contributed by atoms with Crippen LogP contribution >= 0.6 is 11.6 Å². The van der Waals surface area contributed by atoms with E-state index in [4.69, 9.17) is 24.8 Å². The number of likely N-dealkylation sites (N-methyl/N-ethyl adjacent to an activating group) is 1. The van der Waals surface area contributed by atoms with Gasteiger partial charge in [-0.05, 0) is 62.5 Å². The number of hydrogen-bond acceptors (Lipinski definition) is 9. The molecule has 39 heavy (non-hydrogen) atoms. The van der Waals surface area contributed by atoms with Crippen LogP contribution in [0.3, 0.4) is 0 Å². The van der Waals surface area contributed by atoms with Crippen LogP contribution in [0.1, 0.15) is 5.56 Å². The number of thiol groups is 1. The second-order valence-electron chi connectivity index (χ2n) is 8.47. The van der Waals surface area contributed by atoms with Gasteiger partial charge in [-0.1, -0.05) is 35.9 Å². The van der Waals surface area contributed by atoms with Crippen LogP contribution in [-0.4, -0.2) is 59.5 Å². The molecule has 0 saturated carbocycles. The van der Waals surface area contributed by atoms with Crippen LogP contribution in [0.15, 0.2) is 71.6 Å². The first-order chi connectivity index (χ1) is 18.5. The second-order valence-corrected chi connectivity index (χ2v) is 11.1. The second kappa shape index (κ2) is 13.5. The van der Waals surface area contributed by atoms with Crippen LogP contribution in [0, 0.1) is 0 Å². The molecule has 0 spiro atoms. The Hall–Kier alpha value is -3.49. The van der Waals surface area contributed by atoms with Crippen molar-refractivity contribution < 1.29 is 21.6 Å². The zero-order valence-electron chi connectivity index (χ0n) is 21.5. The number of halogens is 1. The number of rotatable bonds is 9. The fraction of sp³-hybridized carbons (Fsp3) is 0.200. The smallest absolute Gasteiger partial charge is 0.263 e. The van der Waals surface area contributed by atoms with Crippen molar-refractivity contribution in [2.45, 2.75) is 11.3 Å². The molecule has 1 heterocycles. The van der Waals surface area contributed by atoms with E-state index in [1.54, 1.807) is 55.6 Å². The lowest BCUT2D eigenvalue weighted by Gasteiger charge is -2.15. The van der Waals surface area contributed by atoms with E-state index >= 15 is 0 Å². The lowest BCUT2D eigenvalue weighted by Crippen LogP contribution is -2.17. The molecule has 0 aliphatic carbocycles. The average molecular weight is 593 g/mol. The van der Waals surface area contributed by atoms with Gasteiger partial charge in [0, 0.05) is 12.6 Å². The number of nitrogens with zero attached hydrogens (tertiary/aromatic N) is 3. The standard InChI is InChI=1S/C25H26ClN5O3S.H3NO2S/c1-31(2)14-13-17-7-6-8-19(15-17)35(32,33)30-25-24(27-21-9-4-5-10-22(21)28-25)29-23-16-18(34-3)11-12-20(23)26;1-4(2)3/h4-12,15-16H,13-14H2,1-3H3,(H,27,29)(H,28,30);4H,(H2,1,2,3). The molecule has 0 aliphatic heterocycles. The van der Waals surface area contributed by atoms with Gasteiger partial charge in [0.2, 0.25) is 0 Å². The predicted molar refractivity (Wildman–Crippen MR) is 155 cm³/mol. The number of nitrogens with one attached hydrogen (secondary N) is 2. The fourth-order valence-corrected chi connectivity index (χ4v) is 4.66. The highest BCUT2D eigenvalue weighted by molar-refractivity contribution is 7.92. The molecule has 0 bridgehead atoms. The molecule has 11 nitrogen and oxygen atoms in total. The first-order valence-electron chi connectivity index (χ1n) is 11.5. The van der Waals surface area contributed by atoms with E-state index in [-0.39, 0.29) is 16.5 Å². The molecule has 0 saturated heterocycles. The van der Waals surface area contributed by atoms with Crippen LogP contribution < -0.4 is 19.9 Å². The summed E-state index contributed by atoms with van der Waals surface area (Å²) < 4.78 is 52.2. The number of para-hydroxylation sites is 2. The van der Waals surface area contributed by atoms with Crippen LogP contribution in [0.5, 0.6) is 5.75 Å². The summed E-state index contributed by atoms with van der Waals surface area (Å²) in [6.45, 7) is 0.808. The molecule has 4 N–H and O–H groups in total. The average Bonchev–Trinajstić information content (AvgIpc) is 2.88. The number of fused-ring (bicyclic) bond motifs is 1. The lowest BCUT2D eigenvalue weighted by molar-refractivity contribution is 0.413. The monoisotopic (exact) mass is 592 g/mol. The molecule has 4 rings (SSSR count). The van der Waals surface area contributed by atoms with Crippen molar-refractivity contribution >= 4 is 60.9 Å². The molecule has 0 amide bonds. The molecular weight excluding hydrogens is 564 g/mol. The molecule has 208 valence electrons. The predicted octanol–water partition coefficient (Wildman–Crippen LogP) is 3.41. The Morgan fingerprint density at radius 1 is 0.974 bits per heavy atom. The highest BCUT2D eigenvalue weighted by atomic mass is 35.5. The summed E-state index contributed by atoms with van der Waals surface area (Å²) in [4.78, 5) is 11.3. The topological polar surface area (TPSA) is 157 Å².